The molecule has 1 aliphatic rings. The van der Waals surface area contributed by atoms with Crippen LogP contribution in [0.25, 0.3) is 0 Å². The van der Waals surface area contributed by atoms with Crippen LogP contribution in [0.4, 0.5) is 0 Å². The Labute approximate surface area is 106 Å². The number of nitrogens with zero attached hydrogens (tertiary/aromatic N) is 1. The van der Waals surface area contributed by atoms with Crippen molar-refractivity contribution in [3.05, 3.63) is 0 Å². The zero-order valence-electron chi connectivity index (χ0n) is 11.7. The maximum Gasteiger partial charge on any atom is 0.222 e. The molecule has 0 aromatic heterocycles. The van der Waals surface area contributed by atoms with Crippen molar-refractivity contribution in [2.45, 2.75) is 52.9 Å². The Bertz CT molecular complexity index is 241. The zero-order chi connectivity index (χ0) is 12.9. The number of piperidine rings is 1. The van der Waals surface area contributed by atoms with E-state index in [4.69, 9.17) is 5.73 Å². The number of likely N-dealkylation sites (tertiary alicyclic amines) is 1. The van der Waals surface area contributed by atoms with Crippen LogP contribution in [0.1, 0.15) is 52.9 Å². The monoisotopic (exact) mass is 240 g/mol. The summed E-state index contributed by atoms with van der Waals surface area (Å²) in [6, 6.07) is 0. The Kier molecular flexibility index (Phi) is 5.44. The third kappa shape index (κ3) is 5.07. The normalized spacial score (nSPS) is 21.3. The quantitative estimate of drug-likeness (QED) is 0.802. The maximum atomic E-state index is 12.0. The van der Waals surface area contributed by atoms with Crippen molar-refractivity contribution in [3.8, 4) is 0 Å². The predicted octanol–water partition coefficient (Wildman–Crippen LogP) is 2.40. The molecule has 1 heterocycles. The second kappa shape index (κ2) is 6.39. The lowest BCUT2D eigenvalue weighted by atomic mass is 9.82. The third-order valence-corrected chi connectivity index (χ3v) is 3.98. The van der Waals surface area contributed by atoms with Crippen molar-refractivity contribution in [1.82, 2.24) is 4.90 Å². The van der Waals surface area contributed by atoms with Crippen LogP contribution in [0.5, 0.6) is 0 Å². The lowest BCUT2D eigenvalue weighted by Crippen LogP contribution is -2.41. The highest BCUT2D eigenvalue weighted by atomic mass is 16.2. The van der Waals surface area contributed by atoms with E-state index in [-0.39, 0.29) is 0 Å². The van der Waals surface area contributed by atoms with E-state index in [0.717, 1.165) is 45.3 Å². The summed E-state index contributed by atoms with van der Waals surface area (Å²) < 4.78 is 0. The van der Waals surface area contributed by atoms with E-state index in [2.05, 4.69) is 20.8 Å². The van der Waals surface area contributed by atoms with E-state index < -0.39 is 0 Å². The van der Waals surface area contributed by atoms with E-state index in [1.165, 1.54) is 0 Å². The average molecular weight is 240 g/mol. The first-order valence-electron chi connectivity index (χ1n) is 6.92. The van der Waals surface area contributed by atoms with Crippen LogP contribution in [-0.2, 0) is 4.79 Å². The lowest BCUT2D eigenvalue weighted by molar-refractivity contribution is -0.133. The minimum absolute atomic E-state index is 0.337. The van der Waals surface area contributed by atoms with Gasteiger partial charge in [0.1, 0.15) is 0 Å². The highest BCUT2D eigenvalue weighted by Crippen LogP contribution is 2.30. The first-order valence-corrected chi connectivity index (χ1v) is 6.92. The summed E-state index contributed by atoms with van der Waals surface area (Å²) in [5.41, 5.74) is 5.93. The van der Waals surface area contributed by atoms with Crippen molar-refractivity contribution in [2.75, 3.05) is 19.6 Å². The molecule has 3 nitrogen and oxygen atoms in total. The smallest absolute Gasteiger partial charge is 0.222 e. The van der Waals surface area contributed by atoms with Crippen molar-refractivity contribution in [3.63, 3.8) is 0 Å². The van der Waals surface area contributed by atoms with Crippen LogP contribution in [0, 0.1) is 11.3 Å². The molecule has 0 bridgehead atoms. The fraction of sp³-hybridized carbons (Fsp3) is 0.929. The van der Waals surface area contributed by atoms with Crippen molar-refractivity contribution < 1.29 is 4.79 Å². The van der Waals surface area contributed by atoms with Crippen LogP contribution in [0.3, 0.4) is 0 Å². The average Bonchev–Trinajstić information content (AvgIpc) is 2.26. The minimum Gasteiger partial charge on any atom is -0.343 e. The molecular formula is C14H28N2O. The SMILES string of the molecule is CC(CCN)CCC(=O)N1CCC(C)(C)CC1. The van der Waals surface area contributed by atoms with Gasteiger partial charge < -0.3 is 10.6 Å². The predicted molar refractivity (Wildman–Crippen MR) is 71.7 cm³/mol. The molecule has 3 heteroatoms. The van der Waals surface area contributed by atoms with Gasteiger partial charge in [0.2, 0.25) is 5.91 Å². The molecule has 1 rings (SSSR count). The van der Waals surface area contributed by atoms with Gasteiger partial charge in [0.05, 0.1) is 0 Å². The Morgan fingerprint density at radius 3 is 2.41 bits per heavy atom. The van der Waals surface area contributed by atoms with Gasteiger partial charge in [0.15, 0.2) is 0 Å². The second-order valence-electron chi connectivity index (χ2n) is 6.27. The molecule has 17 heavy (non-hydrogen) atoms. The Morgan fingerprint density at radius 1 is 1.29 bits per heavy atom. The zero-order valence-corrected chi connectivity index (χ0v) is 11.7. The fourth-order valence-corrected chi connectivity index (χ4v) is 2.32. The molecule has 1 aliphatic heterocycles. The first-order chi connectivity index (χ1) is 7.94. The number of hydrogen-bond acceptors (Lipinski definition) is 2. The molecule has 100 valence electrons. The van der Waals surface area contributed by atoms with E-state index in [0.29, 0.717) is 23.7 Å². The highest BCUT2D eigenvalue weighted by molar-refractivity contribution is 5.76. The third-order valence-electron chi connectivity index (χ3n) is 3.98. The van der Waals surface area contributed by atoms with Crippen molar-refractivity contribution >= 4 is 5.91 Å². The molecule has 1 atom stereocenters. The largest absolute Gasteiger partial charge is 0.343 e. The van der Waals surface area contributed by atoms with Crippen molar-refractivity contribution in [1.29, 1.82) is 0 Å². The van der Waals surface area contributed by atoms with E-state index in [1.807, 2.05) is 4.90 Å². The number of hydrogen-bond donors (Lipinski definition) is 1. The molecule has 0 saturated carbocycles. The van der Waals surface area contributed by atoms with Gasteiger partial charge >= 0.3 is 0 Å². The standard InChI is InChI=1S/C14H28N2O/c1-12(6-9-15)4-5-13(17)16-10-7-14(2,3)8-11-16/h12H,4-11,15H2,1-3H3. The summed E-state index contributed by atoms with van der Waals surface area (Å²) in [5, 5.41) is 0. The van der Waals surface area contributed by atoms with E-state index in [9.17, 15) is 4.79 Å². The Hall–Kier alpha value is -0.570. The molecular weight excluding hydrogens is 212 g/mol. The van der Waals surface area contributed by atoms with Crippen LogP contribution < -0.4 is 5.73 Å². The molecule has 0 aromatic rings. The lowest BCUT2D eigenvalue weighted by Gasteiger charge is -2.37. The molecule has 2 N–H and O–H groups in total. The number of rotatable bonds is 5. The number of carbonyl (C=O) groups is 1. The van der Waals surface area contributed by atoms with Gasteiger partial charge in [-0.1, -0.05) is 20.8 Å². The molecule has 0 spiro atoms. The van der Waals surface area contributed by atoms with Gasteiger partial charge in [0.25, 0.3) is 0 Å². The fourth-order valence-electron chi connectivity index (χ4n) is 2.32. The number of nitrogens with two attached hydrogens (primary N) is 1. The van der Waals surface area contributed by atoms with Gasteiger partial charge in [-0.2, -0.15) is 0 Å². The summed E-state index contributed by atoms with van der Waals surface area (Å²) in [5.74, 6) is 0.912. The Balaban J connectivity index is 2.25. The van der Waals surface area contributed by atoms with Crippen molar-refractivity contribution in [2.24, 2.45) is 17.1 Å². The first kappa shape index (κ1) is 14.5. The summed E-state index contributed by atoms with van der Waals surface area (Å²) in [4.78, 5) is 14.1. The molecule has 1 saturated heterocycles. The number of carbonyl (C=O) groups excluding carboxylic acids is 1. The summed E-state index contributed by atoms with van der Waals surface area (Å²) in [7, 11) is 0. The van der Waals surface area contributed by atoms with Crippen LogP contribution in [-0.4, -0.2) is 30.4 Å². The maximum absolute atomic E-state index is 12.0. The van der Waals surface area contributed by atoms with Gasteiger partial charge in [-0.15, -0.1) is 0 Å². The molecule has 0 aromatic carbocycles. The van der Waals surface area contributed by atoms with Crippen LogP contribution in [0.15, 0.2) is 0 Å². The Morgan fingerprint density at radius 2 is 1.88 bits per heavy atom. The van der Waals surface area contributed by atoms with Gasteiger partial charge in [-0.25, -0.2) is 0 Å². The van der Waals surface area contributed by atoms with Gasteiger partial charge in [0, 0.05) is 19.5 Å². The number of amides is 1. The summed E-state index contributed by atoms with van der Waals surface area (Å²) in [6.07, 6.45) is 4.98. The molecule has 1 amide bonds. The van der Waals surface area contributed by atoms with E-state index >= 15 is 0 Å². The second-order valence-corrected chi connectivity index (χ2v) is 6.27. The van der Waals surface area contributed by atoms with Gasteiger partial charge in [-0.3, -0.25) is 4.79 Å². The van der Waals surface area contributed by atoms with Gasteiger partial charge in [-0.05, 0) is 43.6 Å². The molecule has 1 unspecified atom stereocenters. The molecule has 1 fully saturated rings. The summed E-state index contributed by atoms with van der Waals surface area (Å²) in [6.45, 7) is 9.37. The van der Waals surface area contributed by atoms with Crippen LogP contribution >= 0.6 is 0 Å². The van der Waals surface area contributed by atoms with Crippen LogP contribution in [0.2, 0.25) is 0 Å². The summed E-state index contributed by atoms with van der Waals surface area (Å²) >= 11 is 0. The topological polar surface area (TPSA) is 46.3 Å². The highest BCUT2D eigenvalue weighted by Gasteiger charge is 2.27. The molecule has 0 radical (unpaired) electrons. The molecule has 0 aliphatic carbocycles. The van der Waals surface area contributed by atoms with E-state index in [1.54, 1.807) is 0 Å². The minimum atomic E-state index is 0.337.